The molecular formula is C21H30N6O. The number of nitrogens with zero attached hydrogens (tertiary/aromatic N) is 5. The molecule has 1 amide bonds. The summed E-state index contributed by atoms with van der Waals surface area (Å²) in [6.07, 6.45) is 15.2. The van der Waals surface area contributed by atoms with Crippen LogP contribution in [0.15, 0.2) is 24.8 Å². The lowest BCUT2D eigenvalue weighted by atomic mass is 9.93. The van der Waals surface area contributed by atoms with Crippen LogP contribution in [0.2, 0.25) is 0 Å². The first-order valence-electron chi connectivity index (χ1n) is 10.6. The number of imidazole rings is 1. The highest BCUT2D eigenvalue weighted by molar-refractivity contribution is 5.78. The molecule has 0 unspecified atom stereocenters. The van der Waals surface area contributed by atoms with E-state index < -0.39 is 0 Å². The van der Waals surface area contributed by atoms with Crippen LogP contribution < -0.4 is 0 Å². The number of rotatable bonds is 5. The second-order valence-electron chi connectivity index (χ2n) is 8.08. The fourth-order valence-electron chi connectivity index (χ4n) is 4.36. The molecule has 1 atom stereocenters. The second kappa shape index (κ2) is 9.28. The van der Waals surface area contributed by atoms with E-state index in [1.165, 1.54) is 25.7 Å². The molecule has 2 fully saturated rings. The molecule has 7 nitrogen and oxygen atoms in total. The van der Waals surface area contributed by atoms with E-state index >= 15 is 0 Å². The van der Waals surface area contributed by atoms with Gasteiger partial charge in [-0.25, -0.2) is 9.97 Å². The molecule has 7 heteroatoms. The van der Waals surface area contributed by atoms with Gasteiger partial charge in [-0.1, -0.05) is 12.8 Å². The van der Waals surface area contributed by atoms with Gasteiger partial charge in [0.15, 0.2) is 5.82 Å². The molecule has 0 spiro atoms. The van der Waals surface area contributed by atoms with Crippen molar-refractivity contribution in [3.8, 4) is 11.5 Å². The van der Waals surface area contributed by atoms with Gasteiger partial charge in [0.1, 0.15) is 5.69 Å². The van der Waals surface area contributed by atoms with E-state index in [9.17, 15) is 4.79 Å². The van der Waals surface area contributed by atoms with Gasteiger partial charge in [0.25, 0.3) is 0 Å². The van der Waals surface area contributed by atoms with Gasteiger partial charge in [-0.3, -0.25) is 14.7 Å². The van der Waals surface area contributed by atoms with E-state index in [1.807, 2.05) is 6.20 Å². The van der Waals surface area contributed by atoms with Crippen molar-refractivity contribution in [2.75, 3.05) is 32.7 Å². The molecule has 2 aromatic heterocycles. The molecule has 28 heavy (non-hydrogen) atoms. The lowest BCUT2D eigenvalue weighted by Gasteiger charge is -2.34. The summed E-state index contributed by atoms with van der Waals surface area (Å²) in [5.74, 6) is 1.48. The first-order valence-corrected chi connectivity index (χ1v) is 10.6. The van der Waals surface area contributed by atoms with Crippen molar-refractivity contribution in [1.29, 1.82) is 0 Å². The molecule has 4 heterocycles. The number of hydrogen-bond acceptors (Lipinski definition) is 5. The number of likely N-dealkylation sites (tertiary alicyclic amines) is 2. The predicted octanol–water partition coefficient (Wildman–Crippen LogP) is 2.52. The smallest absolute Gasteiger partial charge is 0.236 e. The number of amides is 1. The van der Waals surface area contributed by atoms with E-state index in [1.54, 1.807) is 18.6 Å². The third kappa shape index (κ3) is 4.95. The van der Waals surface area contributed by atoms with Crippen molar-refractivity contribution < 1.29 is 4.79 Å². The molecule has 0 aliphatic carbocycles. The SMILES string of the molecule is O=C(CN1CCCCCC1)N1CCC[C@H](Cc2cncc(-c3ncc[nH]3)n2)C1. The van der Waals surface area contributed by atoms with Crippen molar-refractivity contribution in [3.63, 3.8) is 0 Å². The minimum atomic E-state index is 0.294. The Labute approximate surface area is 166 Å². The molecule has 2 aromatic rings. The van der Waals surface area contributed by atoms with Crippen LogP contribution in [0.4, 0.5) is 0 Å². The summed E-state index contributed by atoms with van der Waals surface area (Å²) < 4.78 is 0. The highest BCUT2D eigenvalue weighted by Crippen LogP contribution is 2.21. The van der Waals surface area contributed by atoms with Gasteiger partial charge in [-0.05, 0) is 51.1 Å². The number of piperidine rings is 1. The van der Waals surface area contributed by atoms with E-state index in [4.69, 9.17) is 4.98 Å². The first kappa shape index (κ1) is 19.1. The van der Waals surface area contributed by atoms with Crippen molar-refractivity contribution in [1.82, 2.24) is 29.7 Å². The minimum absolute atomic E-state index is 0.294. The number of aromatic nitrogens is 4. The lowest BCUT2D eigenvalue weighted by molar-refractivity contribution is -0.134. The number of hydrogen-bond donors (Lipinski definition) is 1. The number of H-pyrrole nitrogens is 1. The monoisotopic (exact) mass is 382 g/mol. The summed E-state index contributed by atoms with van der Waals surface area (Å²) in [7, 11) is 0. The Bertz CT molecular complexity index is 754. The summed E-state index contributed by atoms with van der Waals surface area (Å²) >= 11 is 0. The van der Waals surface area contributed by atoms with Gasteiger partial charge < -0.3 is 9.88 Å². The molecule has 2 aliphatic rings. The number of carbonyl (C=O) groups is 1. The Kier molecular flexibility index (Phi) is 6.31. The van der Waals surface area contributed by atoms with Crippen molar-refractivity contribution in [2.45, 2.75) is 44.9 Å². The van der Waals surface area contributed by atoms with Gasteiger partial charge in [0, 0.05) is 31.7 Å². The quantitative estimate of drug-likeness (QED) is 0.860. The highest BCUT2D eigenvalue weighted by atomic mass is 16.2. The first-order chi connectivity index (χ1) is 13.8. The standard InChI is InChI=1S/C21H30N6O/c28-20(16-26-9-3-1-2-4-10-26)27-11-5-6-17(15-27)12-18-13-22-14-19(25-18)21-23-7-8-24-21/h7-8,13-14,17H,1-6,9-12,15-16H2,(H,23,24)/t17-/m1/s1. The summed E-state index contributed by atoms with van der Waals surface area (Å²) in [5.41, 5.74) is 1.74. The lowest BCUT2D eigenvalue weighted by Crippen LogP contribution is -2.45. The van der Waals surface area contributed by atoms with Crippen LogP contribution >= 0.6 is 0 Å². The van der Waals surface area contributed by atoms with E-state index in [-0.39, 0.29) is 0 Å². The van der Waals surface area contributed by atoms with E-state index in [0.29, 0.717) is 18.4 Å². The maximum atomic E-state index is 12.8. The molecule has 4 rings (SSSR count). The van der Waals surface area contributed by atoms with Crippen LogP contribution in [-0.4, -0.2) is 68.4 Å². The van der Waals surface area contributed by atoms with Crippen molar-refractivity contribution in [3.05, 3.63) is 30.5 Å². The maximum absolute atomic E-state index is 12.8. The van der Waals surface area contributed by atoms with Crippen LogP contribution in [0.1, 0.15) is 44.2 Å². The van der Waals surface area contributed by atoms with Gasteiger partial charge in [-0.15, -0.1) is 0 Å². The summed E-state index contributed by atoms with van der Waals surface area (Å²) in [5, 5.41) is 0. The topological polar surface area (TPSA) is 78.0 Å². The fourth-order valence-corrected chi connectivity index (χ4v) is 4.36. The third-order valence-corrected chi connectivity index (χ3v) is 5.85. The number of nitrogens with one attached hydrogen (secondary N) is 1. The molecule has 1 N–H and O–H groups in total. The molecule has 0 bridgehead atoms. The Morgan fingerprint density at radius 3 is 2.75 bits per heavy atom. The summed E-state index contributed by atoms with van der Waals surface area (Å²) in [6, 6.07) is 0. The third-order valence-electron chi connectivity index (χ3n) is 5.85. The number of carbonyl (C=O) groups excluding carboxylic acids is 1. The van der Waals surface area contributed by atoms with Crippen LogP contribution in [0.25, 0.3) is 11.5 Å². The fraction of sp³-hybridized carbons (Fsp3) is 0.619. The highest BCUT2D eigenvalue weighted by Gasteiger charge is 2.25. The zero-order valence-electron chi connectivity index (χ0n) is 16.5. The van der Waals surface area contributed by atoms with E-state index in [0.717, 1.165) is 62.7 Å². The largest absolute Gasteiger partial charge is 0.343 e. The van der Waals surface area contributed by atoms with Gasteiger partial charge in [-0.2, -0.15) is 0 Å². The van der Waals surface area contributed by atoms with Crippen LogP contribution in [0, 0.1) is 5.92 Å². The van der Waals surface area contributed by atoms with Gasteiger partial charge >= 0.3 is 0 Å². The Morgan fingerprint density at radius 1 is 1.11 bits per heavy atom. The van der Waals surface area contributed by atoms with Crippen LogP contribution in [0.5, 0.6) is 0 Å². The van der Waals surface area contributed by atoms with Gasteiger partial charge in [0.05, 0.1) is 18.4 Å². The molecule has 2 aliphatic heterocycles. The Morgan fingerprint density at radius 2 is 1.96 bits per heavy atom. The van der Waals surface area contributed by atoms with Crippen LogP contribution in [-0.2, 0) is 11.2 Å². The summed E-state index contributed by atoms with van der Waals surface area (Å²) in [6.45, 7) is 4.44. The average Bonchev–Trinajstić information content (AvgIpc) is 3.14. The normalized spacial score (nSPS) is 21.4. The van der Waals surface area contributed by atoms with Crippen molar-refractivity contribution in [2.24, 2.45) is 5.92 Å². The summed E-state index contributed by atoms with van der Waals surface area (Å²) in [4.78, 5) is 33.6. The van der Waals surface area contributed by atoms with Crippen LogP contribution in [0.3, 0.4) is 0 Å². The molecular weight excluding hydrogens is 352 g/mol. The second-order valence-corrected chi connectivity index (χ2v) is 8.08. The average molecular weight is 383 g/mol. The molecule has 2 saturated heterocycles. The minimum Gasteiger partial charge on any atom is -0.343 e. The molecule has 150 valence electrons. The Balaban J connectivity index is 1.33. The molecule has 0 saturated carbocycles. The van der Waals surface area contributed by atoms with Crippen molar-refractivity contribution >= 4 is 5.91 Å². The molecule has 0 aromatic carbocycles. The zero-order valence-corrected chi connectivity index (χ0v) is 16.5. The van der Waals surface area contributed by atoms with E-state index in [2.05, 4.69) is 24.8 Å². The molecule has 0 radical (unpaired) electrons. The predicted molar refractivity (Wildman–Crippen MR) is 108 cm³/mol. The zero-order chi connectivity index (χ0) is 19.2. The maximum Gasteiger partial charge on any atom is 0.236 e. The number of aromatic amines is 1. The Hall–Kier alpha value is -2.28. The van der Waals surface area contributed by atoms with Gasteiger partial charge in [0.2, 0.25) is 5.91 Å².